The molecule has 2 amide bonds. The first-order valence-electron chi connectivity index (χ1n) is 9.27. The fourth-order valence-corrected chi connectivity index (χ4v) is 3.09. The Balaban J connectivity index is 1.71. The van der Waals surface area contributed by atoms with Gasteiger partial charge in [-0.3, -0.25) is 25.2 Å². The molecule has 0 aliphatic carbocycles. The van der Waals surface area contributed by atoms with Crippen LogP contribution < -0.4 is 21.1 Å². The Labute approximate surface area is 177 Å². The van der Waals surface area contributed by atoms with Crippen LogP contribution in [-0.4, -0.2) is 28.2 Å². The predicted molar refractivity (Wildman–Crippen MR) is 114 cm³/mol. The van der Waals surface area contributed by atoms with Crippen LogP contribution in [0.3, 0.4) is 0 Å². The summed E-state index contributed by atoms with van der Waals surface area (Å²) in [5, 5.41) is 5.53. The number of carbonyl (C=O) groups is 2. The molecule has 1 aromatic heterocycles. The first-order valence-corrected chi connectivity index (χ1v) is 9.65. The van der Waals surface area contributed by atoms with E-state index in [0.717, 1.165) is 5.56 Å². The summed E-state index contributed by atoms with van der Waals surface area (Å²) in [5.41, 5.74) is 5.15. The van der Waals surface area contributed by atoms with Gasteiger partial charge in [-0.05, 0) is 50.6 Å². The number of rotatable bonds is 5. The summed E-state index contributed by atoms with van der Waals surface area (Å²) < 4.78 is 6.69. The second-order valence-electron chi connectivity index (χ2n) is 6.94. The number of nitrogens with one attached hydrogen (secondary N) is 2. The van der Waals surface area contributed by atoms with E-state index in [1.165, 1.54) is 4.68 Å². The lowest BCUT2D eigenvalue weighted by atomic mass is 10.1. The third kappa shape index (κ3) is 4.60. The van der Waals surface area contributed by atoms with Gasteiger partial charge in [-0.25, -0.2) is 4.68 Å². The maximum Gasteiger partial charge on any atom is 0.290 e. The molecule has 2 aromatic carbocycles. The molecule has 8 nitrogen and oxygen atoms in total. The van der Waals surface area contributed by atoms with Crippen LogP contribution in [0.4, 0.5) is 0 Å². The third-order valence-corrected chi connectivity index (χ3v) is 4.58. The highest BCUT2D eigenvalue weighted by Crippen LogP contribution is 2.21. The number of amides is 2. The molecule has 0 unspecified atom stereocenters. The van der Waals surface area contributed by atoms with Gasteiger partial charge < -0.3 is 4.74 Å². The van der Waals surface area contributed by atoms with E-state index in [1.807, 2.05) is 0 Å². The molecule has 0 spiro atoms. The Hall–Kier alpha value is -3.39. The molecule has 156 valence electrons. The average molecular weight is 429 g/mol. The first-order chi connectivity index (χ1) is 14.3. The van der Waals surface area contributed by atoms with E-state index in [9.17, 15) is 14.4 Å². The summed E-state index contributed by atoms with van der Waals surface area (Å²) in [5.74, 6) is -0.687. The van der Waals surface area contributed by atoms with E-state index in [4.69, 9.17) is 16.3 Å². The second-order valence-corrected chi connectivity index (χ2v) is 7.37. The summed E-state index contributed by atoms with van der Waals surface area (Å²) in [6, 6.07) is 11.5. The van der Waals surface area contributed by atoms with Crippen molar-refractivity contribution in [2.45, 2.75) is 26.8 Å². The number of halogens is 1. The predicted octanol–water partition coefficient (Wildman–Crippen LogP) is 2.78. The molecule has 30 heavy (non-hydrogen) atoms. The van der Waals surface area contributed by atoms with Gasteiger partial charge in [0.25, 0.3) is 17.4 Å². The molecule has 0 bridgehead atoms. The van der Waals surface area contributed by atoms with Gasteiger partial charge in [0.05, 0.1) is 11.4 Å². The van der Waals surface area contributed by atoms with Crippen molar-refractivity contribution in [2.75, 3.05) is 6.61 Å². The first kappa shape index (κ1) is 21.3. The van der Waals surface area contributed by atoms with Crippen LogP contribution in [0.5, 0.6) is 5.75 Å². The number of aromatic nitrogens is 2. The minimum absolute atomic E-state index is 0.0358. The number of hydrogen-bond donors (Lipinski definition) is 2. The fourth-order valence-electron chi connectivity index (χ4n) is 2.86. The molecule has 1 heterocycles. The molecule has 0 saturated heterocycles. The van der Waals surface area contributed by atoms with Crippen molar-refractivity contribution in [1.82, 2.24) is 20.6 Å². The molecule has 2 N–H and O–H groups in total. The Morgan fingerprint density at radius 1 is 1.13 bits per heavy atom. The monoisotopic (exact) mass is 428 g/mol. The van der Waals surface area contributed by atoms with Crippen LogP contribution in [0.25, 0.3) is 10.8 Å². The van der Waals surface area contributed by atoms with Crippen LogP contribution in [0.1, 0.15) is 35.9 Å². The lowest BCUT2D eigenvalue weighted by Crippen LogP contribution is -2.44. The van der Waals surface area contributed by atoms with Crippen molar-refractivity contribution in [1.29, 1.82) is 0 Å². The van der Waals surface area contributed by atoms with Crippen LogP contribution in [0.15, 0.2) is 47.3 Å². The highest BCUT2D eigenvalue weighted by molar-refractivity contribution is 6.30. The van der Waals surface area contributed by atoms with E-state index in [2.05, 4.69) is 16.0 Å². The summed E-state index contributed by atoms with van der Waals surface area (Å²) in [6.07, 6.45) is 0. The van der Waals surface area contributed by atoms with Crippen molar-refractivity contribution in [2.24, 2.45) is 0 Å². The minimum atomic E-state index is -0.642. The van der Waals surface area contributed by atoms with Crippen molar-refractivity contribution >= 4 is 34.2 Å². The molecule has 0 fully saturated rings. The van der Waals surface area contributed by atoms with Crippen LogP contribution in [-0.2, 0) is 4.79 Å². The number of fused-ring (bicyclic) bond motifs is 1. The van der Waals surface area contributed by atoms with Crippen molar-refractivity contribution in [3.8, 4) is 5.75 Å². The lowest BCUT2D eigenvalue weighted by molar-refractivity contribution is -0.123. The van der Waals surface area contributed by atoms with Crippen LogP contribution >= 0.6 is 11.6 Å². The van der Waals surface area contributed by atoms with Gasteiger partial charge in [-0.2, -0.15) is 5.10 Å². The minimum Gasteiger partial charge on any atom is -0.483 e. The Bertz CT molecular complexity index is 1170. The van der Waals surface area contributed by atoms with E-state index in [-0.39, 0.29) is 23.9 Å². The zero-order valence-corrected chi connectivity index (χ0v) is 17.5. The fraction of sp³-hybridized carbons (Fsp3) is 0.238. The topological polar surface area (TPSA) is 102 Å². The lowest BCUT2D eigenvalue weighted by Gasteiger charge is -2.14. The van der Waals surface area contributed by atoms with E-state index in [1.54, 1.807) is 63.2 Å². The molecular formula is C21H21ClN4O4. The largest absolute Gasteiger partial charge is 0.483 e. The van der Waals surface area contributed by atoms with Crippen LogP contribution in [0.2, 0.25) is 5.02 Å². The van der Waals surface area contributed by atoms with Crippen molar-refractivity contribution in [3.63, 3.8) is 0 Å². The molecule has 0 aliphatic rings. The number of aryl methyl sites for hydroxylation is 1. The van der Waals surface area contributed by atoms with Gasteiger partial charge in [-0.15, -0.1) is 0 Å². The van der Waals surface area contributed by atoms with Crippen molar-refractivity contribution in [3.05, 3.63) is 69.1 Å². The normalized spacial score (nSPS) is 10.8. The highest BCUT2D eigenvalue weighted by Gasteiger charge is 2.18. The molecule has 0 aliphatic heterocycles. The number of hydrogen-bond acceptors (Lipinski definition) is 5. The molecule has 9 heteroatoms. The molecule has 0 saturated carbocycles. The van der Waals surface area contributed by atoms with Crippen molar-refractivity contribution < 1.29 is 14.3 Å². The van der Waals surface area contributed by atoms with Gasteiger partial charge >= 0.3 is 0 Å². The van der Waals surface area contributed by atoms with Gasteiger partial charge in [0.15, 0.2) is 12.3 Å². The Morgan fingerprint density at radius 2 is 1.83 bits per heavy atom. The summed E-state index contributed by atoms with van der Waals surface area (Å²) in [4.78, 5) is 37.3. The average Bonchev–Trinajstić information content (AvgIpc) is 2.71. The molecule has 3 rings (SSSR count). The summed E-state index contributed by atoms with van der Waals surface area (Å²) >= 11 is 5.89. The number of carbonyl (C=O) groups excluding carboxylic acids is 2. The second kappa shape index (κ2) is 8.96. The number of ether oxygens (including phenoxy) is 1. The zero-order valence-electron chi connectivity index (χ0n) is 16.7. The smallest absolute Gasteiger partial charge is 0.290 e. The van der Waals surface area contributed by atoms with E-state index >= 15 is 0 Å². The zero-order chi connectivity index (χ0) is 21.8. The van der Waals surface area contributed by atoms with E-state index in [0.29, 0.717) is 21.5 Å². The number of benzene rings is 2. The highest BCUT2D eigenvalue weighted by atomic mass is 35.5. The standard InChI is InChI=1S/C21H21ClN4O4/c1-12(2)26-21(29)16-7-5-4-6-15(16)19(25-26)20(28)24-23-18(27)11-30-17-9-8-14(22)10-13(17)3/h4-10,12H,11H2,1-3H3,(H,23,27)(H,24,28). The van der Waals surface area contributed by atoms with Gasteiger partial charge in [0.1, 0.15) is 5.75 Å². The summed E-state index contributed by atoms with van der Waals surface area (Å²) in [6.45, 7) is 5.09. The van der Waals surface area contributed by atoms with Gasteiger partial charge in [-0.1, -0.05) is 29.8 Å². The molecular weight excluding hydrogens is 408 g/mol. The maximum absolute atomic E-state index is 12.7. The molecule has 0 atom stereocenters. The van der Waals surface area contributed by atoms with E-state index < -0.39 is 11.8 Å². The van der Waals surface area contributed by atoms with Gasteiger partial charge in [0.2, 0.25) is 0 Å². The third-order valence-electron chi connectivity index (χ3n) is 4.34. The maximum atomic E-state index is 12.7. The number of hydrazine groups is 1. The Kier molecular flexibility index (Phi) is 6.37. The quantitative estimate of drug-likeness (QED) is 0.608. The Morgan fingerprint density at radius 3 is 2.50 bits per heavy atom. The summed E-state index contributed by atoms with van der Waals surface area (Å²) in [7, 11) is 0. The van der Waals surface area contributed by atoms with Crippen LogP contribution in [0, 0.1) is 6.92 Å². The molecule has 3 aromatic rings. The SMILES string of the molecule is Cc1cc(Cl)ccc1OCC(=O)NNC(=O)c1nn(C(C)C)c(=O)c2ccccc12. The number of nitrogens with zero attached hydrogens (tertiary/aromatic N) is 2. The molecule has 0 radical (unpaired) electrons. The van der Waals surface area contributed by atoms with Gasteiger partial charge in [0, 0.05) is 10.4 Å².